The van der Waals surface area contributed by atoms with Gasteiger partial charge in [-0.15, -0.1) is 11.3 Å². The second-order valence-corrected chi connectivity index (χ2v) is 10.8. The van der Waals surface area contributed by atoms with Crippen molar-refractivity contribution in [3.8, 4) is 16.5 Å². The molecule has 1 N–H and O–H groups in total. The van der Waals surface area contributed by atoms with Gasteiger partial charge in [-0.05, 0) is 48.5 Å². The summed E-state index contributed by atoms with van der Waals surface area (Å²) in [4.78, 5) is 51.8. The van der Waals surface area contributed by atoms with Gasteiger partial charge >= 0.3 is 0 Å². The minimum atomic E-state index is -0.359. The summed E-state index contributed by atoms with van der Waals surface area (Å²) in [7, 11) is 5.08. The lowest BCUT2D eigenvalue weighted by atomic mass is 10.2. The van der Waals surface area contributed by atoms with Crippen LogP contribution >= 0.6 is 11.3 Å². The average Bonchev–Trinajstić information content (AvgIpc) is 3.64. The van der Waals surface area contributed by atoms with E-state index in [1.165, 1.54) is 22.4 Å². The van der Waals surface area contributed by atoms with Crippen molar-refractivity contribution in [2.45, 2.75) is 13.0 Å². The molecule has 0 unspecified atom stereocenters. The number of carbonyl (C=O) groups is 3. The monoisotopic (exact) mass is 577 g/mol. The maximum Gasteiger partial charge on any atom is 0.268 e. The van der Waals surface area contributed by atoms with Crippen molar-refractivity contribution in [1.82, 2.24) is 19.4 Å². The summed E-state index contributed by atoms with van der Waals surface area (Å²) < 4.78 is 1.80. The van der Waals surface area contributed by atoms with Gasteiger partial charge in [-0.25, -0.2) is 4.98 Å². The van der Waals surface area contributed by atoms with Crippen molar-refractivity contribution in [3.05, 3.63) is 95.1 Å². The highest BCUT2D eigenvalue weighted by Crippen LogP contribution is 2.30. The summed E-state index contributed by atoms with van der Waals surface area (Å²) in [5.74, 6) is -0.292. The first-order valence-electron chi connectivity index (χ1n) is 13.1. The number of nitrogens with one attached hydrogen (secondary N) is 1. The molecule has 11 heteroatoms. The Kier molecular flexibility index (Phi) is 8.08. The quantitative estimate of drug-likeness (QED) is 0.276. The first-order chi connectivity index (χ1) is 20.2. The number of benzene rings is 2. The Morgan fingerprint density at radius 3 is 2.52 bits per heavy atom. The molecule has 0 aliphatic heterocycles. The minimum absolute atomic E-state index is 0.0601. The zero-order chi connectivity index (χ0) is 29.8. The van der Waals surface area contributed by atoms with Crippen molar-refractivity contribution in [2.75, 3.05) is 31.4 Å². The van der Waals surface area contributed by atoms with E-state index in [4.69, 9.17) is 4.98 Å². The number of aryl methyl sites for hydroxylation is 1. The number of nitriles is 1. The average molecular weight is 578 g/mol. The zero-order valence-electron chi connectivity index (χ0n) is 23.2. The van der Waals surface area contributed by atoms with E-state index >= 15 is 0 Å². The molecular formula is C31H27N7O3S. The van der Waals surface area contributed by atoms with Gasteiger partial charge in [0.05, 0.1) is 21.5 Å². The Labute approximate surface area is 246 Å². The van der Waals surface area contributed by atoms with E-state index < -0.39 is 0 Å². The van der Waals surface area contributed by atoms with Crippen LogP contribution in [0.4, 0.5) is 11.6 Å². The standard InChI is InChI=1S/C31H27N7O3S/c1-36(2)28(39)13-14-38-25-10-9-23(37(3)30(41)21-7-5-4-6-8-21)16-24(25)34-31(38)35-29(40)27-12-11-26(42-27)22-15-20(17-32)18-33-19-22/h4-12,15-16,18-19H,13-14H2,1-3H3,(H,34,35,40). The van der Waals surface area contributed by atoms with E-state index in [0.717, 1.165) is 10.4 Å². The molecule has 5 rings (SSSR count). The molecule has 0 bridgehead atoms. The Balaban J connectivity index is 1.45. The molecule has 5 aromatic rings. The Hall–Kier alpha value is -5.34. The smallest absolute Gasteiger partial charge is 0.268 e. The number of aromatic nitrogens is 3. The van der Waals surface area contributed by atoms with Crippen molar-refractivity contribution < 1.29 is 14.4 Å². The first kappa shape index (κ1) is 28.2. The van der Waals surface area contributed by atoms with E-state index in [9.17, 15) is 19.6 Å². The number of hydrogen-bond acceptors (Lipinski definition) is 7. The van der Waals surface area contributed by atoms with E-state index in [1.807, 2.05) is 36.4 Å². The third-order valence-electron chi connectivity index (χ3n) is 6.70. The number of hydrogen-bond donors (Lipinski definition) is 1. The second kappa shape index (κ2) is 12.0. The molecule has 10 nitrogen and oxygen atoms in total. The molecule has 42 heavy (non-hydrogen) atoms. The fourth-order valence-electron chi connectivity index (χ4n) is 4.39. The second-order valence-electron chi connectivity index (χ2n) is 9.72. The number of anilines is 2. The van der Waals surface area contributed by atoms with Gasteiger partial charge in [-0.1, -0.05) is 18.2 Å². The van der Waals surface area contributed by atoms with E-state index in [1.54, 1.807) is 67.1 Å². The summed E-state index contributed by atoms with van der Waals surface area (Å²) in [6, 6.07) is 21.7. The highest BCUT2D eigenvalue weighted by atomic mass is 32.1. The molecule has 0 aliphatic carbocycles. The van der Waals surface area contributed by atoms with Gasteiger partial charge in [0.15, 0.2) is 0 Å². The minimum Gasteiger partial charge on any atom is -0.349 e. The summed E-state index contributed by atoms with van der Waals surface area (Å²) in [5.41, 5.74) is 3.66. The molecule has 0 fully saturated rings. The third-order valence-corrected chi connectivity index (χ3v) is 7.83. The molecular weight excluding hydrogens is 550 g/mol. The largest absolute Gasteiger partial charge is 0.349 e. The number of thiophene rings is 1. The van der Waals surface area contributed by atoms with Crippen LogP contribution in [0.2, 0.25) is 0 Å². The van der Waals surface area contributed by atoms with Gasteiger partial charge in [0.1, 0.15) is 6.07 Å². The van der Waals surface area contributed by atoms with Gasteiger partial charge in [-0.2, -0.15) is 5.26 Å². The summed E-state index contributed by atoms with van der Waals surface area (Å²) in [6.45, 7) is 0.295. The van der Waals surface area contributed by atoms with Gasteiger partial charge in [0.25, 0.3) is 11.8 Å². The van der Waals surface area contributed by atoms with Crippen molar-refractivity contribution in [2.24, 2.45) is 0 Å². The third kappa shape index (κ3) is 5.89. The number of nitrogens with zero attached hydrogens (tertiary/aromatic N) is 6. The fourth-order valence-corrected chi connectivity index (χ4v) is 5.27. The van der Waals surface area contributed by atoms with Crippen molar-refractivity contribution in [3.63, 3.8) is 0 Å². The lowest BCUT2D eigenvalue weighted by Gasteiger charge is -2.17. The van der Waals surface area contributed by atoms with Crippen LogP contribution in [0.25, 0.3) is 21.5 Å². The van der Waals surface area contributed by atoms with Gasteiger partial charge < -0.3 is 14.4 Å². The van der Waals surface area contributed by atoms with Crippen LogP contribution in [0, 0.1) is 11.3 Å². The Bertz CT molecular complexity index is 1840. The number of amides is 3. The summed E-state index contributed by atoms with van der Waals surface area (Å²) in [6.07, 6.45) is 3.34. The highest BCUT2D eigenvalue weighted by molar-refractivity contribution is 7.17. The van der Waals surface area contributed by atoms with Gasteiger partial charge in [-0.3, -0.25) is 24.7 Å². The predicted octanol–water partition coefficient (Wildman–Crippen LogP) is 5.04. The number of rotatable bonds is 8. The van der Waals surface area contributed by atoms with Crippen LogP contribution in [-0.2, 0) is 11.3 Å². The topological polar surface area (TPSA) is 124 Å². The molecule has 0 spiro atoms. The lowest BCUT2D eigenvalue weighted by molar-refractivity contribution is -0.128. The molecule has 0 atom stereocenters. The van der Waals surface area contributed by atoms with E-state index in [2.05, 4.69) is 16.4 Å². The lowest BCUT2D eigenvalue weighted by Crippen LogP contribution is -2.26. The molecule has 0 saturated carbocycles. The van der Waals surface area contributed by atoms with E-state index in [0.29, 0.717) is 45.2 Å². The van der Waals surface area contributed by atoms with Crippen LogP contribution in [0.5, 0.6) is 0 Å². The van der Waals surface area contributed by atoms with Gasteiger partial charge in [0.2, 0.25) is 11.9 Å². The van der Waals surface area contributed by atoms with Crippen molar-refractivity contribution in [1.29, 1.82) is 5.26 Å². The van der Waals surface area contributed by atoms with Gasteiger partial charge in [0, 0.05) is 68.2 Å². The predicted molar refractivity (Wildman–Crippen MR) is 162 cm³/mol. The van der Waals surface area contributed by atoms with Crippen LogP contribution in [0.15, 0.2) is 79.1 Å². The number of fused-ring (bicyclic) bond motifs is 1. The molecule has 2 aromatic carbocycles. The molecule has 3 aromatic heterocycles. The molecule has 0 radical (unpaired) electrons. The van der Waals surface area contributed by atoms with Crippen LogP contribution in [0.1, 0.15) is 32.0 Å². The molecule has 0 aliphatic rings. The van der Waals surface area contributed by atoms with Crippen molar-refractivity contribution >= 4 is 51.7 Å². The Morgan fingerprint density at radius 2 is 1.79 bits per heavy atom. The number of imidazole rings is 1. The zero-order valence-corrected chi connectivity index (χ0v) is 24.1. The normalized spacial score (nSPS) is 10.7. The van der Waals surface area contributed by atoms with Crippen LogP contribution < -0.4 is 10.2 Å². The summed E-state index contributed by atoms with van der Waals surface area (Å²) in [5, 5.41) is 12.1. The van der Waals surface area contributed by atoms with Crippen LogP contribution in [0.3, 0.4) is 0 Å². The van der Waals surface area contributed by atoms with Crippen LogP contribution in [-0.4, -0.2) is 58.3 Å². The first-order valence-corrected chi connectivity index (χ1v) is 13.9. The fraction of sp³-hybridized carbons (Fsp3) is 0.161. The maximum atomic E-state index is 13.3. The van der Waals surface area contributed by atoms with E-state index in [-0.39, 0.29) is 24.1 Å². The molecule has 210 valence electrons. The number of carbonyl (C=O) groups excluding carboxylic acids is 3. The highest BCUT2D eigenvalue weighted by Gasteiger charge is 2.20. The number of pyridine rings is 1. The Morgan fingerprint density at radius 1 is 1.00 bits per heavy atom. The summed E-state index contributed by atoms with van der Waals surface area (Å²) >= 11 is 1.27. The molecule has 3 amide bonds. The molecule has 3 heterocycles. The SMILES string of the molecule is CN(C)C(=O)CCn1c(NC(=O)c2ccc(-c3cncc(C#N)c3)s2)nc2cc(N(C)C(=O)c3ccccc3)ccc21. The molecule has 0 saturated heterocycles. The maximum absolute atomic E-state index is 13.3.